The van der Waals surface area contributed by atoms with Crippen LogP contribution in [0.1, 0.15) is 32.4 Å². The summed E-state index contributed by atoms with van der Waals surface area (Å²) in [6, 6.07) is 10.3. The van der Waals surface area contributed by atoms with Crippen molar-refractivity contribution in [1.29, 1.82) is 0 Å². The summed E-state index contributed by atoms with van der Waals surface area (Å²) in [4.78, 5) is 0. The molecule has 2 atom stereocenters. The fraction of sp³-hybridized carbons (Fsp3) is 0.438. The van der Waals surface area contributed by atoms with Crippen LogP contribution in [0.2, 0.25) is 0 Å². The number of aliphatic hydroxyl groups is 1. The summed E-state index contributed by atoms with van der Waals surface area (Å²) >= 11 is 0. The summed E-state index contributed by atoms with van der Waals surface area (Å²) in [5.41, 5.74) is 2.17. The van der Waals surface area contributed by atoms with Crippen LogP contribution in [0, 0.1) is 5.92 Å². The quantitative estimate of drug-likeness (QED) is 0.850. The molecule has 1 unspecified atom stereocenters. The van der Waals surface area contributed by atoms with Crippen molar-refractivity contribution in [3.05, 3.63) is 48.3 Å². The minimum Gasteiger partial charge on any atom is -0.395 e. The minimum atomic E-state index is 0.102. The van der Waals surface area contributed by atoms with E-state index in [1.807, 2.05) is 47.4 Å². The Balaban J connectivity index is 2.09. The van der Waals surface area contributed by atoms with Crippen LogP contribution in [-0.2, 0) is 0 Å². The predicted molar refractivity (Wildman–Crippen MR) is 80.8 cm³/mol. The molecule has 20 heavy (non-hydrogen) atoms. The van der Waals surface area contributed by atoms with Gasteiger partial charge in [-0.15, -0.1) is 0 Å². The number of nitrogens with one attached hydrogen (secondary N) is 1. The Morgan fingerprint density at radius 2 is 1.90 bits per heavy atom. The fourth-order valence-electron chi connectivity index (χ4n) is 2.16. The molecule has 0 aliphatic carbocycles. The lowest BCUT2D eigenvalue weighted by Gasteiger charge is -2.24. The Morgan fingerprint density at radius 3 is 2.50 bits per heavy atom. The fourth-order valence-corrected chi connectivity index (χ4v) is 2.16. The predicted octanol–water partition coefficient (Wildman–Crippen LogP) is 2.54. The van der Waals surface area contributed by atoms with Gasteiger partial charge in [0.2, 0.25) is 0 Å². The van der Waals surface area contributed by atoms with Crippen LogP contribution in [0.25, 0.3) is 5.69 Å². The Bertz CT molecular complexity index is 522. The van der Waals surface area contributed by atoms with Gasteiger partial charge < -0.3 is 10.4 Å². The van der Waals surface area contributed by atoms with Crippen LogP contribution in [0.5, 0.6) is 0 Å². The van der Waals surface area contributed by atoms with Crippen molar-refractivity contribution in [2.45, 2.75) is 32.9 Å². The summed E-state index contributed by atoms with van der Waals surface area (Å²) in [6.45, 7) is 6.45. The first-order chi connectivity index (χ1) is 9.61. The summed E-state index contributed by atoms with van der Waals surface area (Å²) < 4.78 is 1.87. The molecule has 0 aliphatic heterocycles. The second-order valence-corrected chi connectivity index (χ2v) is 5.48. The zero-order valence-corrected chi connectivity index (χ0v) is 12.3. The smallest absolute Gasteiger partial charge is 0.0645 e. The Kier molecular flexibility index (Phi) is 4.93. The van der Waals surface area contributed by atoms with Crippen molar-refractivity contribution >= 4 is 0 Å². The zero-order chi connectivity index (χ0) is 14.5. The van der Waals surface area contributed by atoms with Crippen molar-refractivity contribution in [3.63, 3.8) is 0 Å². The number of hydrogen-bond acceptors (Lipinski definition) is 3. The molecule has 2 N–H and O–H groups in total. The van der Waals surface area contributed by atoms with E-state index in [2.05, 4.69) is 31.2 Å². The lowest BCUT2D eigenvalue weighted by molar-refractivity contribution is 0.201. The highest BCUT2D eigenvalue weighted by Crippen LogP contribution is 2.16. The third kappa shape index (κ3) is 3.46. The van der Waals surface area contributed by atoms with Crippen LogP contribution in [-0.4, -0.2) is 27.5 Å². The Labute approximate surface area is 120 Å². The van der Waals surface area contributed by atoms with Crippen LogP contribution >= 0.6 is 0 Å². The second kappa shape index (κ2) is 6.68. The van der Waals surface area contributed by atoms with E-state index in [-0.39, 0.29) is 18.7 Å². The standard InChI is InChI=1S/C16H23N3O/c1-12(2)16(11-20)18-13(3)14-9-17-19(10-14)15-7-5-4-6-8-15/h4-10,12-13,16,18,20H,11H2,1-3H3/t13?,16-/m1/s1. The van der Waals surface area contributed by atoms with Gasteiger partial charge in [-0.25, -0.2) is 4.68 Å². The van der Waals surface area contributed by atoms with Crippen LogP contribution in [0.3, 0.4) is 0 Å². The maximum Gasteiger partial charge on any atom is 0.0645 e. The topological polar surface area (TPSA) is 50.1 Å². The summed E-state index contributed by atoms with van der Waals surface area (Å²) in [7, 11) is 0. The molecule has 0 saturated carbocycles. The van der Waals surface area contributed by atoms with Gasteiger partial charge in [-0.2, -0.15) is 5.10 Å². The van der Waals surface area contributed by atoms with Gasteiger partial charge in [-0.1, -0.05) is 32.0 Å². The largest absolute Gasteiger partial charge is 0.395 e. The van der Waals surface area contributed by atoms with Gasteiger partial charge in [0, 0.05) is 23.8 Å². The average molecular weight is 273 g/mol. The number of aliphatic hydroxyl groups excluding tert-OH is 1. The first kappa shape index (κ1) is 14.8. The normalized spacial score (nSPS) is 14.4. The number of nitrogens with zero attached hydrogens (tertiary/aromatic N) is 2. The van der Waals surface area contributed by atoms with Crippen molar-refractivity contribution in [2.24, 2.45) is 5.92 Å². The molecule has 1 aromatic carbocycles. The van der Waals surface area contributed by atoms with Gasteiger partial charge in [-0.05, 0) is 25.0 Å². The highest BCUT2D eigenvalue weighted by molar-refractivity contribution is 5.31. The van der Waals surface area contributed by atoms with E-state index in [9.17, 15) is 5.11 Å². The molecule has 0 spiro atoms. The van der Waals surface area contributed by atoms with Crippen molar-refractivity contribution in [2.75, 3.05) is 6.61 Å². The first-order valence-electron chi connectivity index (χ1n) is 7.08. The minimum absolute atomic E-state index is 0.102. The molecular formula is C16H23N3O. The highest BCUT2D eigenvalue weighted by Gasteiger charge is 2.16. The molecule has 0 saturated heterocycles. The van der Waals surface area contributed by atoms with Crippen molar-refractivity contribution in [1.82, 2.24) is 15.1 Å². The van der Waals surface area contributed by atoms with E-state index in [0.29, 0.717) is 5.92 Å². The number of rotatable bonds is 6. The summed E-state index contributed by atoms with van der Waals surface area (Å²) in [5, 5.41) is 17.2. The molecule has 2 aromatic rings. The van der Waals surface area contributed by atoms with Crippen molar-refractivity contribution in [3.8, 4) is 5.69 Å². The Morgan fingerprint density at radius 1 is 1.20 bits per heavy atom. The molecular weight excluding hydrogens is 250 g/mol. The number of benzene rings is 1. The van der Waals surface area contributed by atoms with Crippen molar-refractivity contribution < 1.29 is 5.11 Å². The van der Waals surface area contributed by atoms with E-state index in [4.69, 9.17) is 0 Å². The zero-order valence-electron chi connectivity index (χ0n) is 12.3. The number of para-hydroxylation sites is 1. The molecule has 0 aliphatic rings. The van der Waals surface area contributed by atoms with E-state index < -0.39 is 0 Å². The molecule has 0 fully saturated rings. The van der Waals surface area contributed by atoms with Gasteiger partial charge in [0.1, 0.15) is 0 Å². The van der Waals surface area contributed by atoms with E-state index in [1.54, 1.807) is 0 Å². The number of hydrogen-bond donors (Lipinski definition) is 2. The molecule has 1 heterocycles. The third-order valence-electron chi connectivity index (χ3n) is 3.59. The first-order valence-corrected chi connectivity index (χ1v) is 7.08. The van der Waals surface area contributed by atoms with Crippen LogP contribution < -0.4 is 5.32 Å². The van der Waals surface area contributed by atoms with Gasteiger partial charge in [0.05, 0.1) is 18.5 Å². The molecule has 0 amide bonds. The van der Waals surface area contributed by atoms with Crippen LogP contribution in [0.15, 0.2) is 42.7 Å². The van der Waals surface area contributed by atoms with E-state index in [0.717, 1.165) is 11.3 Å². The number of aromatic nitrogens is 2. The molecule has 4 heteroatoms. The van der Waals surface area contributed by atoms with Gasteiger partial charge in [0.25, 0.3) is 0 Å². The summed E-state index contributed by atoms with van der Waals surface area (Å²) in [6.07, 6.45) is 3.90. The van der Waals surface area contributed by atoms with Gasteiger partial charge in [0.15, 0.2) is 0 Å². The molecule has 2 rings (SSSR count). The molecule has 0 bridgehead atoms. The lowest BCUT2D eigenvalue weighted by Crippen LogP contribution is -2.38. The third-order valence-corrected chi connectivity index (χ3v) is 3.59. The SMILES string of the molecule is CC(N[C@H](CO)C(C)C)c1cnn(-c2ccccc2)c1. The Hall–Kier alpha value is -1.65. The summed E-state index contributed by atoms with van der Waals surface area (Å²) in [5.74, 6) is 0.395. The van der Waals surface area contributed by atoms with Gasteiger partial charge >= 0.3 is 0 Å². The lowest BCUT2D eigenvalue weighted by atomic mass is 10.0. The van der Waals surface area contributed by atoms with Gasteiger partial charge in [-0.3, -0.25) is 0 Å². The van der Waals surface area contributed by atoms with E-state index >= 15 is 0 Å². The monoisotopic (exact) mass is 273 g/mol. The van der Waals surface area contributed by atoms with E-state index in [1.165, 1.54) is 0 Å². The molecule has 1 aromatic heterocycles. The molecule has 108 valence electrons. The average Bonchev–Trinajstić information content (AvgIpc) is 2.95. The van der Waals surface area contributed by atoms with Crippen LogP contribution in [0.4, 0.5) is 0 Å². The second-order valence-electron chi connectivity index (χ2n) is 5.48. The maximum atomic E-state index is 9.39. The maximum absolute atomic E-state index is 9.39. The molecule has 0 radical (unpaired) electrons. The highest BCUT2D eigenvalue weighted by atomic mass is 16.3. The molecule has 4 nitrogen and oxygen atoms in total.